The van der Waals surface area contributed by atoms with Crippen LogP contribution in [-0.2, 0) is 9.59 Å². The lowest BCUT2D eigenvalue weighted by atomic mass is 9.94. The van der Waals surface area contributed by atoms with Crippen LogP contribution in [-0.4, -0.2) is 12.1 Å². The molecule has 0 aromatic heterocycles. The molecular formula is C32H58O2. The second kappa shape index (κ2) is 28.1. The number of hydrogen-bond acceptors (Lipinski definition) is 2. The number of rotatable bonds is 27. The van der Waals surface area contributed by atoms with Crippen LogP contribution in [0.4, 0.5) is 0 Å². The molecule has 0 aliphatic heterocycles. The summed E-state index contributed by atoms with van der Waals surface area (Å²) in [6.07, 6.45) is 37.4. The van der Waals surface area contributed by atoms with Crippen molar-refractivity contribution in [3.05, 3.63) is 24.3 Å². The molecule has 0 aromatic rings. The number of carbonyl (C=O) groups excluding carboxylic acids is 2. The zero-order valence-electron chi connectivity index (χ0n) is 23.0. The smallest absolute Gasteiger partial charge is 0.143 e. The van der Waals surface area contributed by atoms with E-state index in [4.69, 9.17) is 0 Å². The second-order valence-electron chi connectivity index (χ2n) is 10.2. The van der Waals surface area contributed by atoms with Crippen molar-refractivity contribution in [1.29, 1.82) is 0 Å². The molecular weight excluding hydrogens is 416 g/mol. The molecule has 0 N–H and O–H groups in total. The van der Waals surface area contributed by atoms with Gasteiger partial charge in [-0.25, -0.2) is 0 Å². The molecule has 34 heavy (non-hydrogen) atoms. The van der Waals surface area contributed by atoms with Gasteiger partial charge in [-0.1, -0.05) is 134 Å². The van der Waals surface area contributed by atoms with E-state index < -0.39 is 0 Å². The van der Waals surface area contributed by atoms with E-state index in [-0.39, 0.29) is 11.7 Å². The summed E-state index contributed by atoms with van der Waals surface area (Å²) in [6.45, 7) is 4.50. The van der Waals surface area contributed by atoms with Crippen molar-refractivity contribution in [2.24, 2.45) is 5.92 Å². The minimum atomic E-state index is -0.347. The first kappa shape index (κ1) is 32.8. The number of aldehydes is 1. The fraction of sp³-hybridized carbons (Fsp3) is 0.812. The molecule has 0 fully saturated rings. The third-order valence-electron chi connectivity index (χ3n) is 6.82. The van der Waals surface area contributed by atoms with Crippen molar-refractivity contribution in [1.82, 2.24) is 0 Å². The molecule has 0 rings (SSSR count). The molecule has 0 aromatic carbocycles. The second-order valence-corrected chi connectivity index (χ2v) is 10.2. The molecule has 0 saturated heterocycles. The van der Waals surface area contributed by atoms with E-state index in [1.54, 1.807) is 0 Å². The molecule has 0 radical (unpaired) electrons. The molecule has 1 unspecified atom stereocenters. The van der Waals surface area contributed by atoms with Gasteiger partial charge in [0.2, 0.25) is 0 Å². The highest BCUT2D eigenvalue weighted by Crippen LogP contribution is 2.16. The van der Waals surface area contributed by atoms with Crippen LogP contribution in [0, 0.1) is 5.92 Å². The van der Waals surface area contributed by atoms with E-state index in [9.17, 15) is 9.59 Å². The van der Waals surface area contributed by atoms with Gasteiger partial charge in [-0.05, 0) is 44.9 Å². The first-order chi connectivity index (χ1) is 16.8. The van der Waals surface area contributed by atoms with Crippen LogP contribution in [0.2, 0.25) is 0 Å². The van der Waals surface area contributed by atoms with Gasteiger partial charge in [0.05, 0.1) is 5.92 Å². The lowest BCUT2D eigenvalue weighted by molar-refractivity contribution is -0.127. The van der Waals surface area contributed by atoms with Crippen molar-refractivity contribution in [2.45, 2.75) is 162 Å². The van der Waals surface area contributed by atoms with E-state index in [1.165, 1.54) is 96.3 Å². The highest BCUT2D eigenvalue weighted by molar-refractivity contribution is 5.93. The minimum absolute atomic E-state index is 0.177. The fourth-order valence-corrected chi connectivity index (χ4v) is 4.45. The zero-order chi connectivity index (χ0) is 25.0. The maximum Gasteiger partial charge on any atom is 0.143 e. The van der Waals surface area contributed by atoms with E-state index in [1.807, 2.05) is 0 Å². The highest BCUT2D eigenvalue weighted by atomic mass is 16.1. The molecule has 0 heterocycles. The molecule has 1 atom stereocenters. The Kier molecular flexibility index (Phi) is 27.1. The van der Waals surface area contributed by atoms with Gasteiger partial charge in [0.15, 0.2) is 0 Å². The molecule has 0 aliphatic carbocycles. The number of hydrogen-bond donors (Lipinski definition) is 0. The zero-order valence-corrected chi connectivity index (χ0v) is 23.0. The Morgan fingerprint density at radius 2 is 1.00 bits per heavy atom. The Hall–Kier alpha value is -1.18. The average molecular weight is 475 g/mol. The van der Waals surface area contributed by atoms with Crippen molar-refractivity contribution < 1.29 is 9.59 Å². The van der Waals surface area contributed by atoms with Crippen LogP contribution in [0.1, 0.15) is 162 Å². The van der Waals surface area contributed by atoms with Crippen molar-refractivity contribution in [3.8, 4) is 0 Å². The topological polar surface area (TPSA) is 34.1 Å². The lowest BCUT2D eigenvalue weighted by Crippen LogP contribution is -2.15. The molecule has 0 spiro atoms. The van der Waals surface area contributed by atoms with Crippen LogP contribution in [0.25, 0.3) is 0 Å². The van der Waals surface area contributed by atoms with Gasteiger partial charge >= 0.3 is 0 Å². The van der Waals surface area contributed by atoms with Gasteiger partial charge in [-0.3, -0.25) is 4.79 Å². The Bertz CT molecular complexity index is 491. The van der Waals surface area contributed by atoms with Crippen LogP contribution < -0.4 is 0 Å². The molecule has 0 saturated carbocycles. The molecule has 2 nitrogen and oxygen atoms in total. The van der Waals surface area contributed by atoms with Gasteiger partial charge in [0, 0.05) is 6.42 Å². The van der Waals surface area contributed by atoms with Gasteiger partial charge < -0.3 is 4.79 Å². The minimum Gasteiger partial charge on any atom is -0.303 e. The summed E-state index contributed by atoms with van der Waals surface area (Å²) in [7, 11) is 0. The number of ketones is 1. The largest absolute Gasteiger partial charge is 0.303 e. The number of carbonyl (C=O) groups is 2. The summed E-state index contributed by atoms with van der Waals surface area (Å²) in [5.74, 6) is -0.170. The first-order valence-corrected chi connectivity index (χ1v) is 15.0. The summed E-state index contributed by atoms with van der Waals surface area (Å²) in [5.41, 5.74) is 0. The first-order valence-electron chi connectivity index (χ1n) is 15.0. The van der Waals surface area contributed by atoms with E-state index >= 15 is 0 Å². The fourth-order valence-electron chi connectivity index (χ4n) is 4.45. The van der Waals surface area contributed by atoms with Crippen LogP contribution in [0.3, 0.4) is 0 Å². The van der Waals surface area contributed by atoms with E-state index in [0.29, 0.717) is 6.42 Å². The van der Waals surface area contributed by atoms with E-state index in [2.05, 4.69) is 38.2 Å². The third kappa shape index (κ3) is 24.0. The van der Waals surface area contributed by atoms with Gasteiger partial charge in [-0.15, -0.1) is 0 Å². The number of unbranched alkanes of at least 4 members (excludes halogenated alkanes) is 17. The average Bonchev–Trinajstić information content (AvgIpc) is 2.85. The van der Waals surface area contributed by atoms with Crippen molar-refractivity contribution in [2.75, 3.05) is 0 Å². The predicted molar refractivity (Wildman–Crippen MR) is 150 cm³/mol. The maximum absolute atomic E-state index is 12.4. The van der Waals surface area contributed by atoms with Gasteiger partial charge in [0.1, 0.15) is 12.1 Å². The van der Waals surface area contributed by atoms with E-state index in [0.717, 1.165) is 51.2 Å². The summed E-state index contributed by atoms with van der Waals surface area (Å²) in [5, 5.41) is 0. The lowest BCUT2D eigenvalue weighted by Gasteiger charge is -2.09. The summed E-state index contributed by atoms with van der Waals surface area (Å²) < 4.78 is 0. The third-order valence-corrected chi connectivity index (χ3v) is 6.82. The number of allylic oxidation sites excluding steroid dienone is 4. The Labute approximate surface area is 213 Å². The summed E-state index contributed by atoms with van der Waals surface area (Å²) >= 11 is 0. The molecule has 2 heteroatoms. The molecule has 198 valence electrons. The van der Waals surface area contributed by atoms with Crippen LogP contribution in [0.15, 0.2) is 24.3 Å². The Morgan fingerprint density at radius 3 is 1.56 bits per heavy atom. The summed E-state index contributed by atoms with van der Waals surface area (Å²) in [6, 6.07) is 0. The van der Waals surface area contributed by atoms with Crippen molar-refractivity contribution >= 4 is 12.1 Å². The molecule has 0 bridgehead atoms. The maximum atomic E-state index is 12.4. The number of Topliss-reactive ketones (excluding diaryl/α,β-unsaturated/α-hetero) is 1. The Balaban J connectivity index is 3.53. The van der Waals surface area contributed by atoms with Gasteiger partial charge in [-0.2, -0.15) is 0 Å². The standard InChI is InChI=1S/C32H58O2/c1-3-5-7-9-11-13-15-16-17-18-19-21-23-25-27-29-32(34)31(30-33)28-26-24-22-20-14-12-10-8-6-4-2/h11,13,16-17,30-31H,3-10,12,14-15,18-29H2,1-2H3. The van der Waals surface area contributed by atoms with Crippen LogP contribution >= 0.6 is 0 Å². The van der Waals surface area contributed by atoms with Gasteiger partial charge in [0.25, 0.3) is 0 Å². The SMILES string of the molecule is CCCCCC=CCC=CCCCCCCCC(=O)C(C=O)CCCCCCCCCCCC. The summed E-state index contributed by atoms with van der Waals surface area (Å²) in [4.78, 5) is 23.7. The van der Waals surface area contributed by atoms with Crippen LogP contribution in [0.5, 0.6) is 0 Å². The highest BCUT2D eigenvalue weighted by Gasteiger charge is 2.16. The Morgan fingerprint density at radius 1 is 0.559 bits per heavy atom. The molecule has 0 aliphatic rings. The van der Waals surface area contributed by atoms with Crippen molar-refractivity contribution in [3.63, 3.8) is 0 Å². The molecule has 0 amide bonds. The monoisotopic (exact) mass is 474 g/mol. The normalized spacial score (nSPS) is 12.6. The predicted octanol–water partition coefficient (Wildman–Crippen LogP) is 10.5. The quantitative estimate of drug-likeness (QED) is 0.0513.